The number of rotatable bonds is 7. The van der Waals surface area contributed by atoms with Crippen LogP contribution in [0.3, 0.4) is 0 Å². The van der Waals surface area contributed by atoms with E-state index in [-0.39, 0.29) is 29.0 Å². The van der Waals surface area contributed by atoms with Crippen molar-refractivity contribution in [1.29, 1.82) is 0 Å². The largest absolute Gasteiger partial charge is 0.486 e. The van der Waals surface area contributed by atoms with Gasteiger partial charge in [-0.15, -0.1) is 0 Å². The molecule has 0 radical (unpaired) electrons. The summed E-state index contributed by atoms with van der Waals surface area (Å²) in [4.78, 5) is 12.5. The van der Waals surface area contributed by atoms with Gasteiger partial charge in [-0.3, -0.25) is 9.48 Å². The molecular formula is C22H15Cl3FN3O3. The van der Waals surface area contributed by atoms with E-state index in [4.69, 9.17) is 44.0 Å². The number of anilines is 1. The molecule has 4 rings (SSSR count). The molecular weight excluding hydrogens is 480 g/mol. The van der Waals surface area contributed by atoms with Crippen LogP contribution in [-0.2, 0) is 13.2 Å². The molecule has 0 unspecified atom stereocenters. The Kier molecular flexibility index (Phi) is 6.69. The smallest absolute Gasteiger partial charge is 0.292 e. The predicted molar refractivity (Wildman–Crippen MR) is 120 cm³/mol. The molecule has 0 saturated carbocycles. The molecule has 0 atom stereocenters. The van der Waals surface area contributed by atoms with Crippen molar-refractivity contribution in [2.75, 3.05) is 5.32 Å². The van der Waals surface area contributed by atoms with E-state index < -0.39 is 5.91 Å². The van der Waals surface area contributed by atoms with Crippen LogP contribution in [0.2, 0.25) is 15.1 Å². The van der Waals surface area contributed by atoms with Crippen LogP contribution < -0.4 is 10.1 Å². The van der Waals surface area contributed by atoms with Crippen molar-refractivity contribution >= 4 is 46.5 Å². The highest BCUT2D eigenvalue weighted by Gasteiger charge is 2.16. The molecule has 0 aliphatic rings. The summed E-state index contributed by atoms with van der Waals surface area (Å²) in [5.74, 6) is 0.297. The third kappa shape index (κ3) is 5.43. The highest BCUT2D eigenvalue weighted by Crippen LogP contribution is 2.25. The van der Waals surface area contributed by atoms with Crippen LogP contribution >= 0.6 is 34.8 Å². The van der Waals surface area contributed by atoms with Gasteiger partial charge in [0.1, 0.15) is 29.0 Å². The maximum absolute atomic E-state index is 12.9. The van der Waals surface area contributed by atoms with Crippen molar-refractivity contribution in [3.8, 4) is 5.75 Å². The van der Waals surface area contributed by atoms with E-state index in [1.807, 2.05) is 6.07 Å². The lowest BCUT2D eigenvalue weighted by molar-refractivity contribution is 0.0992. The van der Waals surface area contributed by atoms with E-state index in [1.54, 1.807) is 29.1 Å². The molecule has 2 aromatic carbocycles. The molecule has 164 valence electrons. The SMILES string of the molecule is O=C(Nc1nn(Cc2ccc(Cl)c(Cl)c2)cc1Cl)c1ccc(COc2ccc(F)cc2)o1. The second kappa shape index (κ2) is 9.65. The minimum atomic E-state index is -0.514. The van der Waals surface area contributed by atoms with Gasteiger partial charge in [0.05, 0.1) is 16.6 Å². The van der Waals surface area contributed by atoms with Crippen molar-refractivity contribution in [3.05, 3.63) is 98.8 Å². The zero-order chi connectivity index (χ0) is 22.7. The average molecular weight is 495 g/mol. The minimum absolute atomic E-state index is 0.0674. The van der Waals surface area contributed by atoms with Crippen molar-refractivity contribution in [2.45, 2.75) is 13.2 Å². The van der Waals surface area contributed by atoms with Gasteiger partial charge >= 0.3 is 0 Å². The first-order valence-electron chi connectivity index (χ1n) is 9.33. The summed E-state index contributed by atoms with van der Waals surface area (Å²) >= 11 is 18.2. The third-order valence-corrected chi connectivity index (χ3v) is 5.37. The van der Waals surface area contributed by atoms with E-state index in [0.29, 0.717) is 28.1 Å². The molecule has 4 aromatic rings. The molecule has 2 heterocycles. The molecule has 10 heteroatoms. The molecule has 0 spiro atoms. The molecule has 0 saturated heterocycles. The van der Waals surface area contributed by atoms with Gasteiger partial charge < -0.3 is 14.5 Å². The monoisotopic (exact) mass is 493 g/mol. The zero-order valence-corrected chi connectivity index (χ0v) is 18.6. The van der Waals surface area contributed by atoms with Crippen LogP contribution in [0.1, 0.15) is 21.9 Å². The number of benzene rings is 2. The fourth-order valence-corrected chi connectivity index (χ4v) is 3.34. The van der Waals surface area contributed by atoms with Crippen LogP contribution in [0.15, 0.2) is 65.2 Å². The Morgan fingerprint density at radius 1 is 1.03 bits per heavy atom. The maximum atomic E-state index is 12.9. The lowest BCUT2D eigenvalue weighted by Crippen LogP contribution is -2.12. The van der Waals surface area contributed by atoms with E-state index in [2.05, 4.69) is 10.4 Å². The van der Waals surface area contributed by atoms with Gasteiger partial charge in [0.2, 0.25) is 0 Å². The van der Waals surface area contributed by atoms with E-state index in [9.17, 15) is 9.18 Å². The van der Waals surface area contributed by atoms with Gasteiger partial charge in [0.15, 0.2) is 11.6 Å². The average Bonchev–Trinajstić information content (AvgIpc) is 3.37. The fraction of sp³-hybridized carbons (Fsp3) is 0.0909. The minimum Gasteiger partial charge on any atom is -0.486 e. The Balaban J connectivity index is 1.37. The topological polar surface area (TPSA) is 69.3 Å². The summed E-state index contributed by atoms with van der Waals surface area (Å²) < 4.78 is 25.5. The van der Waals surface area contributed by atoms with Crippen molar-refractivity contribution in [3.63, 3.8) is 0 Å². The third-order valence-electron chi connectivity index (χ3n) is 4.36. The first-order valence-corrected chi connectivity index (χ1v) is 10.5. The number of nitrogens with zero attached hydrogens (tertiary/aromatic N) is 2. The van der Waals surface area contributed by atoms with Crippen molar-refractivity contribution in [2.24, 2.45) is 0 Å². The van der Waals surface area contributed by atoms with Gasteiger partial charge in [-0.2, -0.15) is 5.10 Å². The standard InChI is InChI=1S/C22H15Cl3FN3O3/c23-17-7-1-13(9-18(17)24)10-29-11-19(25)21(28-29)27-22(30)20-8-6-16(32-20)12-31-15-4-2-14(26)3-5-15/h1-9,11H,10,12H2,(H,27,28,30). The van der Waals surface area contributed by atoms with Gasteiger partial charge in [0, 0.05) is 6.20 Å². The normalized spacial score (nSPS) is 10.9. The lowest BCUT2D eigenvalue weighted by atomic mass is 10.2. The molecule has 32 heavy (non-hydrogen) atoms. The first kappa shape index (κ1) is 22.2. The number of ether oxygens (including phenoxy) is 1. The number of halogens is 4. The Morgan fingerprint density at radius 3 is 2.56 bits per heavy atom. The quantitative estimate of drug-likeness (QED) is 0.320. The van der Waals surface area contributed by atoms with Crippen LogP contribution in [0.5, 0.6) is 5.75 Å². The molecule has 0 bridgehead atoms. The second-order valence-corrected chi connectivity index (χ2v) is 7.96. The Hall–Kier alpha value is -3.00. The maximum Gasteiger partial charge on any atom is 0.292 e. The second-order valence-electron chi connectivity index (χ2n) is 6.73. The summed E-state index contributed by atoms with van der Waals surface area (Å²) in [5.41, 5.74) is 0.869. The van der Waals surface area contributed by atoms with Crippen LogP contribution in [0.4, 0.5) is 10.2 Å². The molecule has 1 N–H and O–H groups in total. The van der Waals surface area contributed by atoms with Gasteiger partial charge in [-0.05, 0) is 54.1 Å². The first-order chi connectivity index (χ1) is 15.4. The highest BCUT2D eigenvalue weighted by atomic mass is 35.5. The Labute approximate surface area is 197 Å². The van der Waals surface area contributed by atoms with Crippen LogP contribution in [0.25, 0.3) is 0 Å². The summed E-state index contributed by atoms with van der Waals surface area (Å²) in [5, 5.41) is 8.08. The summed E-state index contributed by atoms with van der Waals surface area (Å²) in [7, 11) is 0. The summed E-state index contributed by atoms with van der Waals surface area (Å²) in [6.07, 6.45) is 1.59. The predicted octanol–water partition coefficient (Wildman–Crippen LogP) is 6.46. The van der Waals surface area contributed by atoms with E-state index >= 15 is 0 Å². The number of hydrogen-bond acceptors (Lipinski definition) is 4. The van der Waals surface area contributed by atoms with Gasteiger partial charge in [-0.1, -0.05) is 40.9 Å². The Bertz CT molecular complexity index is 1260. The number of nitrogens with one attached hydrogen (secondary N) is 1. The van der Waals surface area contributed by atoms with Crippen LogP contribution in [0, 0.1) is 5.82 Å². The van der Waals surface area contributed by atoms with Crippen LogP contribution in [-0.4, -0.2) is 15.7 Å². The molecule has 6 nitrogen and oxygen atoms in total. The number of carbonyl (C=O) groups is 1. The van der Waals surface area contributed by atoms with Crippen molar-refractivity contribution in [1.82, 2.24) is 9.78 Å². The molecule has 0 aliphatic carbocycles. The van der Waals surface area contributed by atoms with E-state index in [0.717, 1.165) is 5.56 Å². The highest BCUT2D eigenvalue weighted by molar-refractivity contribution is 6.42. The summed E-state index contributed by atoms with van der Waals surface area (Å²) in [6, 6.07) is 14.0. The van der Waals surface area contributed by atoms with Gasteiger partial charge in [0.25, 0.3) is 5.91 Å². The van der Waals surface area contributed by atoms with E-state index in [1.165, 1.54) is 30.3 Å². The number of hydrogen-bond donors (Lipinski definition) is 1. The zero-order valence-electron chi connectivity index (χ0n) is 16.3. The molecule has 1 amide bonds. The fourth-order valence-electron chi connectivity index (χ4n) is 2.82. The van der Waals surface area contributed by atoms with Crippen molar-refractivity contribution < 1.29 is 18.3 Å². The van der Waals surface area contributed by atoms with Gasteiger partial charge in [-0.25, -0.2) is 4.39 Å². The molecule has 0 fully saturated rings. The number of amides is 1. The summed E-state index contributed by atoms with van der Waals surface area (Å²) in [6.45, 7) is 0.468. The Morgan fingerprint density at radius 2 is 1.81 bits per heavy atom. The molecule has 0 aliphatic heterocycles. The molecule has 2 aromatic heterocycles. The number of aromatic nitrogens is 2. The number of carbonyl (C=O) groups excluding carboxylic acids is 1. The lowest BCUT2D eigenvalue weighted by Gasteiger charge is -2.04. The number of furan rings is 1.